The highest BCUT2D eigenvalue weighted by Crippen LogP contribution is 2.32. The zero-order valence-electron chi connectivity index (χ0n) is 24.5. The fourth-order valence-electron chi connectivity index (χ4n) is 5.20. The van der Waals surface area contributed by atoms with Crippen molar-refractivity contribution in [2.75, 3.05) is 27.0 Å². The van der Waals surface area contributed by atoms with Crippen LogP contribution in [0.4, 0.5) is 0 Å². The molecule has 2 aliphatic heterocycles. The number of sulfonamides is 1. The number of amides is 2. The molecular weight excluding hydrogens is 570 g/mol. The van der Waals surface area contributed by atoms with E-state index in [1.54, 1.807) is 49.3 Å². The summed E-state index contributed by atoms with van der Waals surface area (Å²) in [4.78, 5) is 28.7. The number of rotatable bonds is 12. The lowest BCUT2D eigenvalue weighted by molar-refractivity contribution is -0.140. The number of nitrogens with one attached hydrogen (secondary N) is 1. The molecule has 0 aliphatic carbocycles. The second-order valence-electron chi connectivity index (χ2n) is 10.7. The zero-order chi connectivity index (χ0) is 30.4. The maximum absolute atomic E-state index is 13.6. The molecule has 2 heterocycles. The van der Waals surface area contributed by atoms with Crippen molar-refractivity contribution in [2.45, 2.75) is 56.6 Å². The Morgan fingerprint density at radius 1 is 0.930 bits per heavy atom. The second kappa shape index (κ2) is 13.5. The molecule has 1 unspecified atom stereocenters. The summed E-state index contributed by atoms with van der Waals surface area (Å²) < 4.78 is 43.3. The van der Waals surface area contributed by atoms with Crippen LogP contribution in [0.3, 0.4) is 0 Å². The van der Waals surface area contributed by atoms with Crippen molar-refractivity contribution in [3.8, 4) is 17.2 Å². The van der Waals surface area contributed by atoms with Crippen molar-refractivity contribution in [3.63, 3.8) is 0 Å². The van der Waals surface area contributed by atoms with Gasteiger partial charge in [0.2, 0.25) is 28.6 Å². The summed E-state index contributed by atoms with van der Waals surface area (Å²) in [7, 11) is -1.91. The van der Waals surface area contributed by atoms with Crippen molar-refractivity contribution >= 4 is 21.8 Å². The molecule has 0 aromatic heterocycles. The molecule has 0 saturated carbocycles. The quantitative estimate of drug-likeness (QED) is 0.333. The summed E-state index contributed by atoms with van der Waals surface area (Å²) in [6, 6.07) is 18.9. The lowest BCUT2D eigenvalue weighted by Gasteiger charge is -2.29. The first-order valence-corrected chi connectivity index (χ1v) is 15.9. The van der Waals surface area contributed by atoms with Crippen molar-refractivity contribution in [1.82, 2.24) is 14.5 Å². The van der Waals surface area contributed by atoms with Crippen LogP contribution in [-0.2, 0) is 39.1 Å². The van der Waals surface area contributed by atoms with E-state index in [1.807, 2.05) is 36.4 Å². The number of hydrogen-bond donors (Lipinski definition) is 1. The summed E-state index contributed by atoms with van der Waals surface area (Å²) in [6.45, 7) is 3.50. The predicted octanol–water partition coefficient (Wildman–Crippen LogP) is 3.87. The maximum atomic E-state index is 13.6. The Kier molecular flexibility index (Phi) is 9.52. The van der Waals surface area contributed by atoms with E-state index in [0.29, 0.717) is 36.8 Å². The van der Waals surface area contributed by atoms with E-state index in [2.05, 4.69) is 5.32 Å². The molecule has 2 aliphatic rings. The zero-order valence-corrected chi connectivity index (χ0v) is 25.3. The van der Waals surface area contributed by atoms with Crippen LogP contribution in [0.15, 0.2) is 71.6 Å². The van der Waals surface area contributed by atoms with E-state index in [4.69, 9.17) is 14.2 Å². The molecule has 3 aromatic rings. The van der Waals surface area contributed by atoms with Crippen LogP contribution in [0.1, 0.15) is 42.9 Å². The number of methoxy groups -OCH3 is 1. The van der Waals surface area contributed by atoms with Crippen molar-refractivity contribution in [3.05, 3.63) is 83.4 Å². The van der Waals surface area contributed by atoms with Crippen molar-refractivity contribution < 1.29 is 32.2 Å². The molecule has 228 valence electrons. The number of benzene rings is 3. The average molecular weight is 608 g/mol. The Balaban J connectivity index is 1.24. The highest BCUT2D eigenvalue weighted by atomic mass is 32.2. The minimum absolute atomic E-state index is 0.161. The summed E-state index contributed by atoms with van der Waals surface area (Å²) >= 11 is 0. The van der Waals surface area contributed by atoms with E-state index in [0.717, 1.165) is 29.5 Å². The number of carbonyl (C=O) groups excluding carboxylic acids is 2. The highest BCUT2D eigenvalue weighted by Gasteiger charge is 2.28. The Morgan fingerprint density at radius 2 is 1.58 bits per heavy atom. The molecule has 0 bridgehead atoms. The van der Waals surface area contributed by atoms with Crippen LogP contribution in [0.5, 0.6) is 17.2 Å². The molecule has 2 amide bonds. The second-order valence-corrected chi connectivity index (χ2v) is 12.6. The first kappa shape index (κ1) is 30.4. The molecule has 11 heteroatoms. The molecule has 3 aromatic carbocycles. The normalized spacial score (nSPS) is 15.2. The van der Waals surface area contributed by atoms with E-state index in [1.165, 1.54) is 4.31 Å². The first-order chi connectivity index (χ1) is 20.7. The number of hydrogen-bond acceptors (Lipinski definition) is 7. The summed E-state index contributed by atoms with van der Waals surface area (Å²) in [5.74, 6) is 1.54. The number of carbonyl (C=O) groups is 2. The Morgan fingerprint density at radius 3 is 2.28 bits per heavy atom. The van der Waals surface area contributed by atoms with Gasteiger partial charge in [-0.25, -0.2) is 8.42 Å². The van der Waals surface area contributed by atoms with Gasteiger partial charge in [0.05, 0.1) is 12.0 Å². The average Bonchev–Trinajstić information content (AvgIpc) is 3.74. The summed E-state index contributed by atoms with van der Waals surface area (Å²) in [5, 5.41) is 2.94. The van der Waals surface area contributed by atoms with Crippen LogP contribution < -0.4 is 19.5 Å². The largest absolute Gasteiger partial charge is 0.497 e. The smallest absolute Gasteiger partial charge is 0.243 e. The van der Waals surface area contributed by atoms with Gasteiger partial charge in [-0.15, -0.1) is 0 Å². The standard InChI is InChI=1S/C32H37N3O7S/c1-23(32(37)33-20-26-9-15-29-30(19-26)42-22-41-29)35(21-25-5-11-27(40-2)12-6-25)31(36)16-10-24-7-13-28(14-8-24)43(38,39)34-17-3-4-18-34/h5-9,11-15,19,23H,3-4,10,16-18,20-22H2,1-2H3,(H,33,37). The molecule has 43 heavy (non-hydrogen) atoms. The van der Waals surface area contributed by atoms with E-state index in [9.17, 15) is 18.0 Å². The molecule has 1 fully saturated rings. The minimum Gasteiger partial charge on any atom is -0.497 e. The van der Waals surface area contributed by atoms with Crippen LogP contribution in [0.2, 0.25) is 0 Å². The van der Waals surface area contributed by atoms with Crippen LogP contribution in [-0.4, -0.2) is 62.5 Å². The molecule has 1 atom stereocenters. The predicted molar refractivity (Wildman–Crippen MR) is 160 cm³/mol. The number of nitrogens with zero attached hydrogens (tertiary/aromatic N) is 2. The Bertz CT molecular complexity index is 1540. The Labute approximate surface area is 252 Å². The maximum Gasteiger partial charge on any atom is 0.243 e. The van der Waals surface area contributed by atoms with Gasteiger partial charge < -0.3 is 24.4 Å². The molecule has 0 radical (unpaired) electrons. The molecular formula is C32H37N3O7S. The third kappa shape index (κ3) is 7.29. The number of fused-ring (bicyclic) bond motifs is 1. The van der Waals surface area contributed by atoms with Gasteiger partial charge >= 0.3 is 0 Å². The monoisotopic (exact) mass is 607 g/mol. The Hall–Kier alpha value is -4.09. The van der Waals surface area contributed by atoms with Gasteiger partial charge in [0.25, 0.3) is 0 Å². The van der Waals surface area contributed by atoms with Crippen LogP contribution in [0, 0.1) is 0 Å². The molecule has 10 nitrogen and oxygen atoms in total. The summed E-state index contributed by atoms with van der Waals surface area (Å²) in [5.41, 5.74) is 2.56. The summed E-state index contributed by atoms with van der Waals surface area (Å²) in [6.07, 6.45) is 2.32. The fourth-order valence-corrected chi connectivity index (χ4v) is 6.72. The van der Waals surface area contributed by atoms with E-state index >= 15 is 0 Å². The van der Waals surface area contributed by atoms with Crippen molar-refractivity contribution in [1.29, 1.82) is 0 Å². The third-order valence-electron chi connectivity index (χ3n) is 7.84. The van der Waals surface area contributed by atoms with Crippen molar-refractivity contribution in [2.24, 2.45) is 0 Å². The first-order valence-electron chi connectivity index (χ1n) is 14.4. The lowest BCUT2D eigenvalue weighted by Crippen LogP contribution is -2.47. The van der Waals surface area contributed by atoms with Crippen LogP contribution in [0.25, 0.3) is 0 Å². The van der Waals surface area contributed by atoms with E-state index < -0.39 is 16.1 Å². The number of aryl methyl sites for hydroxylation is 1. The van der Waals surface area contributed by atoms with Crippen LogP contribution >= 0.6 is 0 Å². The highest BCUT2D eigenvalue weighted by molar-refractivity contribution is 7.89. The van der Waals surface area contributed by atoms with E-state index in [-0.39, 0.29) is 43.0 Å². The van der Waals surface area contributed by atoms with Gasteiger partial charge in [-0.1, -0.05) is 30.3 Å². The van der Waals surface area contributed by atoms with Gasteiger partial charge in [-0.3, -0.25) is 9.59 Å². The molecule has 1 N–H and O–H groups in total. The molecule has 1 saturated heterocycles. The van der Waals surface area contributed by atoms with Gasteiger partial charge in [-0.2, -0.15) is 4.31 Å². The molecule has 5 rings (SSSR count). The van der Waals surface area contributed by atoms with Gasteiger partial charge in [0, 0.05) is 32.6 Å². The van der Waals surface area contributed by atoms with Gasteiger partial charge in [0.1, 0.15) is 11.8 Å². The topological polar surface area (TPSA) is 114 Å². The fraction of sp³-hybridized carbons (Fsp3) is 0.375. The minimum atomic E-state index is -3.50. The van der Waals surface area contributed by atoms with Gasteiger partial charge in [-0.05, 0) is 79.3 Å². The lowest BCUT2D eigenvalue weighted by atomic mass is 10.1. The number of ether oxygens (including phenoxy) is 3. The van der Waals surface area contributed by atoms with Gasteiger partial charge in [0.15, 0.2) is 11.5 Å². The molecule has 0 spiro atoms. The third-order valence-corrected chi connectivity index (χ3v) is 9.75. The SMILES string of the molecule is COc1ccc(CN(C(=O)CCc2ccc(S(=O)(=O)N3CCCC3)cc2)C(C)C(=O)NCc2ccc3c(c2)OCO3)cc1.